The van der Waals surface area contributed by atoms with Crippen LogP contribution >= 0.6 is 0 Å². The molecule has 0 saturated carbocycles. The van der Waals surface area contributed by atoms with Gasteiger partial charge < -0.3 is 19.9 Å². The molecule has 104 valence electrons. The molecule has 1 rings (SSSR count). The van der Waals surface area contributed by atoms with E-state index < -0.39 is 5.97 Å². The van der Waals surface area contributed by atoms with Crippen molar-refractivity contribution < 1.29 is 24.2 Å². The number of ether oxygens (including phenoxy) is 2. The lowest BCUT2D eigenvalue weighted by atomic mass is 10.1. The Morgan fingerprint density at radius 1 is 1.21 bits per heavy atom. The van der Waals surface area contributed by atoms with Gasteiger partial charge in [0.15, 0.2) is 0 Å². The molecule has 0 spiro atoms. The lowest BCUT2D eigenvalue weighted by Gasteiger charge is -2.09. The fourth-order valence-electron chi connectivity index (χ4n) is 1.56. The third-order valence-electron chi connectivity index (χ3n) is 2.37. The largest absolute Gasteiger partial charge is 0.478 e. The average molecular weight is 267 g/mol. The van der Waals surface area contributed by atoms with Crippen LogP contribution in [0.5, 0.6) is 0 Å². The number of amides is 1. The van der Waals surface area contributed by atoms with Crippen LogP contribution in [-0.2, 0) is 20.9 Å². The maximum atomic E-state index is 11.6. The lowest BCUT2D eigenvalue weighted by molar-refractivity contribution is -0.117. The van der Waals surface area contributed by atoms with E-state index in [1.54, 1.807) is 6.07 Å². The standard InChI is InChI=1S/C13H17NO5/c1-18-4-3-12(15)14-11-6-9(8-19-2)5-10(7-11)13(16)17/h5-7H,3-4,8H2,1-2H3,(H,14,15)(H,16,17). The minimum Gasteiger partial charge on any atom is -0.478 e. The van der Waals surface area contributed by atoms with Crippen molar-refractivity contribution in [1.29, 1.82) is 0 Å². The molecule has 0 atom stereocenters. The molecule has 0 saturated heterocycles. The summed E-state index contributed by atoms with van der Waals surface area (Å²) in [6.45, 7) is 0.595. The highest BCUT2D eigenvalue weighted by molar-refractivity contribution is 5.94. The van der Waals surface area contributed by atoms with Crippen molar-refractivity contribution in [3.8, 4) is 0 Å². The monoisotopic (exact) mass is 267 g/mol. The molecule has 0 bridgehead atoms. The van der Waals surface area contributed by atoms with E-state index in [1.807, 2.05) is 0 Å². The topological polar surface area (TPSA) is 84.9 Å². The highest BCUT2D eigenvalue weighted by Crippen LogP contribution is 2.16. The Hall–Kier alpha value is -1.92. The van der Waals surface area contributed by atoms with Crippen molar-refractivity contribution in [2.75, 3.05) is 26.1 Å². The number of hydrogen-bond acceptors (Lipinski definition) is 4. The molecule has 6 heteroatoms. The Kier molecular flexibility index (Phi) is 5.98. The normalized spacial score (nSPS) is 10.2. The molecule has 19 heavy (non-hydrogen) atoms. The quantitative estimate of drug-likeness (QED) is 0.782. The second-order valence-electron chi connectivity index (χ2n) is 3.95. The van der Waals surface area contributed by atoms with E-state index in [4.69, 9.17) is 14.6 Å². The van der Waals surface area contributed by atoms with Crippen LogP contribution in [0.1, 0.15) is 22.3 Å². The number of carboxylic acids is 1. The average Bonchev–Trinajstić information content (AvgIpc) is 2.36. The molecule has 1 aromatic carbocycles. The number of nitrogens with one attached hydrogen (secondary N) is 1. The molecule has 6 nitrogen and oxygen atoms in total. The molecule has 1 amide bonds. The smallest absolute Gasteiger partial charge is 0.335 e. The maximum Gasteiger partial charge on any atom is 0.335 e. The van der Waals surface area contributed by atoms with Gasteiger partial charge in [-0.2, -0.15) is 0 Å². The molecule has 0 aliphatic heterocycles. The van der Waals surface area contributed by atoms with Crippen molar-refractivity contribution in [1.82, 2.24) is 0 Å². The molecule has 2 N–H and O–H groups in total. The minimum absolute atomic E-state index is 0.108. The first kappa shape index (κ1) is 15.1. The van der Waals surface area contributed by atoms with Crippen molar-refractivity contribution in [2.24, 2.45) is 0 Å². The molecule has 0 aliphatic rings. The van der Waals surface area contributed by atoms with Gasteiger partial charge in [-0.05, 0) is 23.8 Å². The molecule has 0 aromatic heterocycles. The summed E-state index contributed by atoms with van der Waals surface area (Å²) in [4.78, 5) is 22.5. The van der Waals surface area contributed by atoms with E-state index in [0.717, 1.165) is 0 Å². The van der Waals surface area contributed by atoms with Gasteiger partial charge in [-0.3, -0.25) is 4.79 Å². The predicted molar refractivity (Wildman–Crippen MR) is 69.2 cm³/mol. The van der Waals surface area contributed by atoms with E-state index in [-0.39, 0.29) is 24.5 Å². The number of carboxylic acid groups (broad SMARTS) is 1. The minimum atomic E-state index is -1.05. The molecule has 0 fully saturated rings. The van der Waals surface area contributed by atoms with Crippen LogP contribution < -0.4 is 5.32 Å². The summed E-state index contributed by atoms with van der Waals surface area (Å²) in [5.74, 6) is -1.28. The summed E-state index contributed by atoms with van der Waals surface area (Å²) in [6, 6.07) is 4.60. The number of benzene rings is 1. The highest BCUT2D eigenvalue weighted by atomic mass is 16.5. The van der Waals surface area contributed by atoms with Crippen molar-refractivity contribution in [2.45, 2.75) is 13.0 Å². The zero-order valence-electron chi connectivity index (χ0n) is 10.9. The van der Waals surface area contributed by atoms with Gasteiger partial charge in [0.1, 0.15) is 0 Å². The zero-order chi connectivity index (χ0) is 14.3. The van der Waals surface area contributed by atoms with E-state index >= 15 is 0 Å². The van der Waals surface area contributed by atoms with Gasteiger partial charge in [0.25, 0.3) is 0 Å². The third kappa shape index (κ3) is 5.07. The zero-order valence-corrected chi connectivity index (χ0v) is 10.9. The first-order valence-electron chi connectivity index (χ1n) is 5.71. The maximum absolute atomic E-state index is 11.6. The molecule has 1 aromatic rings. The molecule has 0 radical (unpaired) electrons. The van der Waals surface area contributed by atoms with E-state index in [0.29, 0.717) is 17.9 Å². The summed E-state index contributed by atoms with van der Waals surface area (Å²) in [5, 5.41) is 11.6. The third-order valence-corrected chi connectivity index (χ3v) is 2.37. The number of aromatic carboxylic acids is 1. The Morgan fingerprint density at radius 3 is 2.53 bits per heavy atom. The van der Waals surface area contributed by atoms with E-state index in [9.17, 15) is 9.59 Å². The number of rotatable bonds is 7. The van der Waals surface area contributed by atoms with Crippen molar-refractivity contribution in [3.63, 3.8) is 0 Å². The number of methoxy groups -OCH3 is 2. The first-order chi connectivity index (χ1) is 9.06. The Bertz CT molecular complexity index is 458. The van der Waals surface area contributed by atoms with Crippen molar-refractivity contribution >= 4 is 17.6 Å². The predicted octanol–water partition coefficient (Wildman–Crippen LogP) is 1.51. The van der Waals surface area contributed by atoms with Crippen LogP contribution in [0.25, 0.3) is 0 Å². The summed E-state index contributed by atoms with van der Waals surface area (Å²) < 4.78 is 9.76. The highest BCUT2D eigenvalue weighted by Gasteiger charge is 2.09. The van der Waals surface area contributed by atoms with Gasteiger partial charge in [0.05, 0.1) is 25.2 Å². The van der Waals surface area contributed by atoms with Crippen LogP contribution in [0.4, 0.5) is 5.69 Å². The molecular weight excluding hydrogens is 250 g/mol. The Balaban J connectivity index is 2.86. The molecular formula is C13H17NO5. The summed E-state index contributed by atoms with van der Waals surface area (Å²) in [7, 11) is 3.03. The summed E-state index contributed by atoms with van der Waals surface area (Å²) in [6.07, 6.45) is 0.216. The van der Waals surface area contributed by atoms with Gasteiger partial charge in [-0.15, -0.1) is 0 Å². The van der Waals surface area contributed by atoms with Crippen LogP contribution in [0, 0.1) is 0 Å². The number of carbonyl (C=O) groups excluding carboxylic acids is 1. The van der Waals surface area contributed by atoms with Crippen LogP contribution in [-0.4, -0.2) is 37.8 Å². The summed E-state index contributed by atoms with van der Waals surface area (Å²) >= 11 is 0. The Morgan fingerprint density at radius 2 is 1.95 bits per heavy atom. The number of hydrogen-bond donors (Lipinski definition) is 2. The van der Waals surface area contributed by atoms with Crippen LogP contribution in [0.2, 0.25) is 0 Å². The number of anilines is 1. The Labute approximate surface area is 111 Å². The van der Waals surface area contributed by atoms with Crippen molar-refractivity contribution in [3.05, 3.63) is 29.3 Å². The van der Waals surface area contributed by atoms with Gasteiger partial charge in [0.2, 0.25) is 5.91 Å². The molecule has 0 heterocycles. The van der Waals surface area contributed by atoms with Gasteiger partial charge in [0, 0.05) is 19.9 Å². The fraction of sp³-hybridized carbons (Fsp3) is 0.385. The SMILES string of the molecule is COCCC(=O)Nc1cc(COC)cc(C(=O)O)c1. The van der Waals surface area contributed by atoms with Crippen LogP contribution in [0.3, 0.4) is 0 Å². The van der Waals surface area contributed by atoms with Gasteiger partial charge >= 0.3 is 5.97 Å². The van der Waals surface area contributed by atoms with Crippen LogP contribution in [0.15, 0.2) is 18.2 Å². The second kappa shape index (κ2) is 7.50. The van der Waals surface area contributed by atoms with Gasteiger partial charge in [-0.25, -0.2) is 4.79 Å². The number of carbonyl (C=O) groups is 2. The fourth-order valence-corrected chi connectivity index (χ4v) is 1.56. The van der Waals surface area contributed by atoms with E-state index in [2.05, 4.69) is 5.32 Å². The van der Waals surface area contributed by atoms with Gasteiger partial charge in [-0.1, -0.05) is 0 Å². The molecule has 0 unspecified atom stereocenters. The second-order valence-corrected chi connectivity index (χ2v) is 3.95. The first-order valence-corrected chi connectivity index (χ1v) is 5.71. The lowest BCUT2D eigenvalue weighted by Crippen LogP contribution is -2.14. The summed E-state index contributed by atoms with van der Waals surface area (Å²) in [5.41, 5.74) is 1.23. The van der Waals surface area contributed by atoms with E-state index in [1.165, 1.54) is 26.4 Å². The molecule has 0 aliphatic carbocycles.